The molecule has 17 heavy (non-hydrogen) atoms. The van der Waals surface area contributed by atoms with Crippen LogP contribution in [-0.4, -0.2) is 39.7 Å². The molecule has 0 aliphatic heterocycles. The van der Waals surface area contributed by atoms with E-state index in [0.717, 1.165) is 5.56 Å². The van der Waals surface area contributed by atoms with Gasteiger partial charge in [-0.3, -0.25) is 9.78 Å². The van der Waals surface area contributed by atoms with Gasteiger partial charge in [0.1, 0.15) is 6.04 Å². The maximum atomic E-state index is 11.4. The van der Waals surface area contributed by atoms with Gasteiger partial charge in [-0.05, 0) is 18.1 Å². The molecule has 6 nitrogen and oxygen atoms in total. The molecule has 92 valence electrons. The molecule has 1 aromatic rings. The van der Waals surface area contributed by atoms with Crippen molar-refractivity contribution >= 4 is 11.9 Å². The van der Waals surface area contributed by atoms with E-state index in [-0.39, 0.29) is 6.42 Å². The molecule has 0 fully saturated rings. The Morgan fingerprint density at radius 3 is 2.76 bits per heavy atom. The van der Waals surface area contributed by atoms with Crippen molar-refractivity contribution in [2.24, 2.45) is 0 Å². The van der Waals surface area contributed by atoms with Crippen LogP contribution in [0.4, 0.5) is 0 Å². The van der Waals surface area contributed by atoms with Crippen LogP contribution in [0, 0.1) is 0 Å². The number of hydrogen-bond donors (Lipinski definition) is 3. The Hall–Kier alpha value is -1.95. The molecular weight excluding hydrogens is 224 g/mol. The fourth-order valence-electron chi connectivity index (χ4n) is 1.26. The Labute approximate surface area is 98.3 Å². The first-order chi connectivity index (χ1) is 8.13. The highest BCUT2D eigenvalue weighted by molar-refractivity contribution is 5.83. The summed E-state index contributed by atoms with van der Waals surface area (Å²) in [6.45, 7) is -0.617. The Balaban J connectivity index is 2.37. The zero-order valence-electron chi connectivity index (χ0n) is 9.17. The first-order valence-electron chi connectivity index (χ1n) is 5.15. The highest BCUT2D eigenvalue weighted by atomic mass is 16.4. The molecule has 0 aliphatic carbocycles. The van der Waals surface area contributed by atoms with E-state index in [4.69, 9.17) is 10.2 Å². The minimum Gasteiger partial charge on any atom is -0.480 e. The van der Waals surface area contributed by atoms with Crippen molar-refractivity contribution in [3.8, 4) is 0 Å². The summed E-state index contributed by atoms with van der Waals surface area (Å²) in [5.41, 5.74) is 0.901. The second kappa shape index (κ2) is 6.59. The van der Waals surface area contributed by atoms with E-state index in [1.54, 1.807) is 18.5 Å². The number of aliphatic hydroxyl groups excluding tert-OH is 1. The first-order valence-corrected chi connectivity index (χ1v) is 5.15. The van der Waals surface area contributed by atoms with Crippen molar-refractivity contribution in [3.63, 3.8) is 0 Å². The van der Waals surface area contributed by atoms with Crippen molar-refractivity contribution < 1.29 is 19.8 Å². The molecule has 3 N–H and O–H groups in total. The van der Waals surface area contributed by atoms with Gasteiger partial charge in [0.25, 0.3) is 0 Å². The molecule has 1 rings (SSSR count). The standard InChI is InChI=1S/C11H14N2O4/c14-7-9(11(16)17)13-10(15)4-3-8-2-1-5-12-6-8/h1-2,5-6,9,14H,3-4,7H2,(H,13,15)(H,16,17)/t9-/m0/s1. The lowest BCUT2D eigenvalue weighted by Crippen LogP contribution is -2.43. The summed E-state index contributed by atoms with van der Waals surface area (Å²) in [6, 6.07) is 2.36. The van der Waals surface area contributed by atoms with Crippen LogP contribution >= 0.6 is 0 Å². The van der Waals surface area contributed by atoms with E-state index in [9.17, 15) is 9.59 Å². The van der Waals surface area contributed by atoms with Gasteiger partial charge in [0, 0.05) is 18.8 Å². The highest BCUT2D eigenvalue weighted by Crippen LogP contribution is 2.00. The topological polar surface area (TPSA) is 99.5 Å². The van der Waals surface area contributed by atoms with E-state index in [2.05, 4.69) is 10.3 Å². The van der Waals surface area contributed by atoms with Crippen molar-refractivity contribution in [1.82, 2.24) is 10.3 Å². The van der Waals surface area contributed by atoms with E-state index >= 15 is 0 Å². The van der Waals surface area contributed by atoms with Crippen LogP contribution in [0.1, 0.15) is 12.0 Å². The maximum Gasteiger partial charge on any atom is 0.328 e. The van der Waals surface area contributed by atoms with Gasteiger partial charge in [-0.25, -0.2) is 4.79 Å². The number of rotatable bonds is 6. The third kappa shape index (κ3) is 4.60. The van der Waals surface area contributed by atoms with Crippen molar-refractivity contribution in [3.05, 3.63) is 30.1 Å². The zero-order chi connectivity index (χ0) is 12.7. The number of aliphatic hydroxyl groups is 1. The number of amides is 1. The van der Waals surface area contributed by atoms with Crippen LogP contribution in [0.3, 0.4) is 0 Å². The van der Waals surface area contributed by atoms with E-state index in [1.807, 2.05) is 6.07 Å². The summed E-state index contributed by atoms with van der Waals surface area (Å²) in [5, 5.41) is 19.6. The van der Waals surface area contributed by atoms with Crippen molar-refractivity contribution in [2.45, 2.75) is 18.9 Å². The molecule has 0 unspecified atom stereocenters. The monoisotopic (exact) mass is 238 g/mol. The number of hydrogen-bond acceptors (Lipinski definition) is 4. The van der Waals surface area contributed by atoms with Gasteiger partial charge >= 0.3 is 5.97 Å². The molecule has 1 amide bonds. The number of aryl methyl sites for hydroxylation is 1. The summed E-state index contributed by atoms with van der Waals surface area (Å²) in [4.78, 5) is 25.8. The van der Waals surface area contributed by atoms with E-state index in [0.29, 0.717) is 6.42 Å². The first kappa shape index (κ1) is 13.1. The third-order valence-corrected chi connectivity index (χ3v) is 2.18. The van der Waals surface area contributed by atoms with Crippen molar-refractivity contribution in [2.75, 3.05) is 6.61 Å². The Bertz CT molecular complexity index is 380. The summed E-state index contributed by atoms with van der Waals surface area (Å²) < 4.78 is 0. The molecule has 0 aromatic carbocycles. The number of nitrogens with one attached hydrogen (secondary N) is 1. The summed E-state index contributed by atoms with van der Waals surface area (Å²) in [6.07, 6.45) is 3.93. The predicted octanol–water partition coefficient (Wildman–Crippen LogP) is -0.424. The maximum absolute atomic E-state index is 11.4. The van der Waals surface area contributed by atoms with Crippen LogP contribution in [0.25, 0.3) is 0 Å². The molecule has 0 bridgehead atoms. The summed E-state index contributed by atoms with van der Waals surface area (Å²) in [5.74, 6) is -1.66. The average Bonchev–Trinajstić information content (AvgIpc) is 2.34. The van der Waals surface area contributed by atoms with E-state index < -0.39 is 24.5 Å². The smallest absolute Gasteiger partial charge is 0.328 e. The Morgan fingerprint density at radius 2 is 2.24 bits per heavy atom. The molecule has 0 spiro atoms. The summed E-state index contributed by atoms with van der Waals surface area (Å²) >= 11 is 0. The molecular formula is C11H14N2O4. The minimum absolute atomic E-state index is 0.162. The fraction of sp³-hybridized carbons (Fsp3) is 0.364. The lowest BCUT2D eigenvalue weighted by atomic mass is 10.1. The van der Waals surface area contributed by atoms with Gasteiger partial charge in [-0.2, -0.15) is 0 Å². The van der Waals surface area contributed by atoms with Crippen LogP contribution in [0.5, 0.6) is 0 Å². The molecule has 1 heterocycles. The third-order valence-electron chi connectivity index (χ3n) is 2.18. The molecule has 0 aliphatic rings. The number of nitrogens with zero attached hydrogens (tertiary/aromatic N) is 1. The van der Waals surface area contributed by atoms with Crippen LogP contribution in [0.2, 0.25) is 0 Å². The lowest BCUT2D eigenvalue weighted by Gasteiger charge is -2.11. The molecule has 0 saturated heterocycles. The largest absolute Gasteiger partial charge is 0.480 e. The van der Waals surface area contributed by atoms with Gasteiger partial charge in [-0.1, -0.05) is 6.07 Å². The number of aliphatic carboxylic acids is 1. The van der Waals surface area contributed by atoms with Crippen molar-refractivity contribution in [1.29, 1.82) is 0 Å². The van der Waals surface area contributed by atoms with Gasteiger partial charge in [0.2, 0.25) is 5.91 Å². The second-order valence-corrected chi connectivity index (χ2v) is 3.50. The average molecular weight is 238 g/mol. The molecule has 1 atom stereocenters. The number of carboxylic acid groups (broad SMARTS) is 1. The Kier molecular flexibility index (Phi) is 5.09. The quantitative estimate of drug-likeness (QED) is 0.625. The number of aromatic nitrogens is 1. The second-order valence-electron chi connectivity index (χ2n) is 3.50. The zero-order valence-corrected chi connectivity index (χ0v) is 9.17. The Morgan fingerprint density at radius 1 is 1.47 bits per heavy atom. The lowest BCUT2D eigenvalue weighted by molar-refractivity contribution is -0.142. The fourth-order valence-corrected chi connectivity index (χ4v) is 1.26. The van der Waals surface area contributed by atoms with Crippen LogP contribution in [-0.2, 0) is 16.0 Å². The van der Waals surface area contributed by atoms with Gasteiger partial charge in [-0.15, -0.1) is 0 Å². The number of pyridine rings is 1. The predicted molar refractivity (Wildman–Crippen MR) is 59.2 cm³/mol. The van der Waals surface area contributed by atoms with E-state index in [1.165, 1.54) is 0 Å². The molecule has 6 heteroatoms. The number of carboxylic acids is 1. The number of carbonyl (C=O) groups is 2. The van der Waals surface area contributed by atoms with Gasteiger partial charge in [0.05, 0.1) is 6.61 Å². The molecule has 0 saturated carbocycles. The normalized spacial score (nSPS) is 11.8. The minimum atomic E-state index is -1.25. The van der Waals surface area contributed by atoms with Gasteiger partial charge in [0.15, 0.2) is 0 Å². The SMILES string of the molecule is O=C(CCc1cccnc1)N[C@@H](CO)C(=O)O. The molecule has 1 aromatic heterocycles. The highest BCUT2D eigenvalue weighted by Gasteiger charge is 2.18. The number of carbonyl (C=O) groups excluding carboxylic acids is 1. The van der Waals surface area contributed by atoms with Gasteiger partial charge < -0.3 is 15.5 Å². The van der Waals surface area contributed by atoms with Crippen LogP contribution in [0.15, 0.2) is 24.5 Å². The molecule has 0 radical (unpaired) electrons. The summed E-state index contributed by atoms with van der Waals surface area (Å²) in [7, 11) is 0. The van der Waals surface area contributed by atoms with Crippen LogP contribution < -0.4 is 5.32 Å².